The number of carboxylic acids is 1. The number of rotatable bonds is 6. The van der Waals surface area contributed by atoms with Crippen LogP contribution in [-0.2, 0) is 33.8 Å². The molecule has 0 spiro atoms. The van der Waals surface area contributed by atoms with E-state index in [1.165, 1.54) is 12.1 Å². The van der Waals surface area contributed by atoms with Gasteiger partial charge in [-0.3, -0.25) is 9.36 Å². The molecule has 1 atom stereocenters. The first-order chi connectivity index (χ1) is 21.8. The number of aromatic nitrogens is 1. The molecular formula is C34H33F3N2O6S. The molecule has 6 rings (SSSR count). The summed E-state index contributed by atoms with van der Waals surface area (Å²) in [4.78, 5) is 27.0. The third-order valence-corrected chi connectivity index (χ3v) is 11.2. The molecule has 12 heteroatoms. The zero-order valence-electron chi connectivity index (χ0n) is 25.0. The van der Waals surface area contributed by atoms with Gasteiger partial charge in [-0.2, -0.15) is 17.5 Å². The normalized spacial score (nSPS) is 21.6. The van der Waals surface area contributed by atoms with Gasteiger partial charge < -0.3 is 10.2 Å². The molecule has 3 aromatic carbocycles. The summed E-state index contributed by atoms with van der Waals surface area (Å²) in [5.41, 5.74) is -0.892. The quantitative estimate of drug-likeness (QED) is 0.273. The number of benzene rings is 3. The number of halogens is 3. The van der Waals surface area contributed by atoms with Gasteiger partial charge in [0.2, 0.25) is 0 Å². The van der Waals surface area contributed by atoms with Gasteiger partial charge >= 0.3 is 12.1 Å². The molecule has 2 aliphatic rings. The molecule has 8 nitrogen and oxygen atoms in total. The van der Waals surface area contributed by atoms with Gasteiger partial charge in [0.25, 0.3) is 15.6 Å². The third-order valence-electron chi connectivity index (χ3n) is 9.23. The molecule has 0 bridgehead atoms. The number of aliphatic hydroxyl groups is 1. The number of carboxylic acid groups (broad SMARTS) is 1. The Labute approximate surface area is 263 Å². The predicted molar refractivity (Wildman–Crippen MR) is 166 cm³/mol. The van der Waals surface area contributed by atoms with E-state index in [2.05, 4.69) is 0 Å². The second-order valence-corrected chi connectivity index (χ2v) is 13.8. The molecule has 2 N–H and O–H groups in total. The van der Waals surface area contributed by atoms with Crippen LogP contribution in [0.15, 0.2) is 76.6 Å². The van der Waals surface area contributed by atoms with Crippen molar-refractivity contribution in [2.75, 3.05) is 6.54 Å². The Balaban J connectivity index is 1.71. The molecule has 1 aromatic heterocycles. The maximum Gasteiger partial charge on any atom is 0.416 e. The van der Waals surface area contributed by atoms with E-state index in [1.807, 2.05) is 42.5 Å². The van der Waals surface area contributed by atoms with Crippen LogP contribution in [0.4, 0.5) is 13.2 Å². The molecule has 4 aromatic rings. The Hall–Kier alpha value is -4.00. The van der Waals surface area contributed by atoms with E-state index < -0.39 is 63.0 Å². The minimum atomic E-state index is -4.75. The average molecular weight is 655 g/mol. The number of alkyl halides is 3. The van der Waals surface area contributed by atoms with E-state index >= 15 is 0 Å². The van der Waals surface area contributed by atoms with Crippen molar-refractivity contribution in [1.29, 1.82) is 0 Å². The topological polar surface area (TPSA) is 117 Å². The van der Waals surface area contributed by atoms with Crippen molar-refractivity contribution in [2.24, 2.45) is 0 Å². The van der Waals surface area contributed by atoms with Gasteiger partial charge in [0, 0.05) is 23.7 Å². The van der Waals surface area contributed by atoms with Crippen molar-refractivity contribution < 1.29 is 36.6 Å². The number of aliphatic hydroxyl groups excluding tert-OH is 1. The Morgan fingerprint density at radius 2 is 1.63 bits per heavy atom. The smallest absolute Gasteiger partial charge is 0.416 e. The minimum Gasteiger partial charge on any atom is -0.480 e. The van der Waals surface area contributed by atoms with Gasteiger partial charge in [0.1, 0.15) is 6.04 Å². The van der Waals surface area contributed by atoms with Crippen LogP contribution in [0, 0.1) is 0 Å². The van der Waals surface area contributed by atoms with Crippen LogP contribution in [0.25, 0.3) is 21.9 Å². The zero-order chi connectivity index (χ0) is 33.0. The zero-order valence-corrected chi connectivity index (χ0v) is 25.8. The Morgan fingerprint density at radius 1 is 0.957 bits per heavy atom. The van der Waals surface area contributed by atoms with Gasteiger partial charge in [-0.15, -0.1) is 0 Å². The average Bonchev–Trinajstić information content (AvgIpc) is 3.02. The summed E-state index contributed by atoms with van der Waals surface area (Å²) < 4.78 is 73.3. The van der Waals surface area contributed by atoms with Crippen molar-refractivity contribution in [1.82, 2.24) is 8.87 Å². The fourth-order valence-corrected chi connectivity index (χ4v) is 9.11. The van der Waals surface area contributed by atoms with Crippen molar-refractivity contribution >= 4 is 26.8 Å². The number of hydrogen-bond acceptors (Lipinski definition) is 5. The Morgan fingerprint density at radius 3 is 2.30 bits per heavy atom. The minimum absolute atomic E-state index is 0.0159. The monoisotopic (exact) mass is 654 g/mol. The number of fused-ring (bicyclic) bond motifs is 2. The highest BCUT2D eigenvalue weighted by atomic mass is 32.2. The largest absolute Gasteiger partial charge is 0.480 e. The molecule has 0 amide bonds. The fraction of sp³-hybridized carbons (Fsp3) is 0.353. The second-order valence-electron chi connectivity index (χ2n) is 12.0. The van der Waals surface area contributed by atoms with E-state index in [4.69, 9.17) is 0 Å². The Bertz CT molecular complexity index is 1990. The highest BCUT2D eigenvalue weighted by Gasteiger charge is 2.47. The summed E-state index contributed by atoms with van der Waals surface area (Å²) in [5, 5.41) is 21.5. The van der Waals surface area contributed by atoms with Crippen molar-refractivity contribution in [3.8, 4) is 11.1 Å². The Kier molecular flexibility index (Phi) is 8.32. The highest BCUT2D eigenvalue weighted by molar-refractivity contribution is 7.89. The van der Waals surface area contributed by atoms with Gasteiger partial charge in [-0.1, -0.05) is 61.5 Å². The SMILES string of the molecule is CCc1c(Cc2cccc3ccccc23)c(-c2cccc(C(F)(F)F)c2)c2n(c1=O)C(C(=O)O)CN(C1CCC(O)CC1)S2(=O)=O. The fourth-order valence-electron chi connectivity index (χ4n) is 6.99. The van der Waals surface area contributed by atoms with Crippen molar-refractivity contribution in [3.05, 3.63) is 99.3 Å². The van der Waals surface area contributed by atoms with Crippen LogP contribution in [0.3, 0.4) is 0 Å². The first-order valence-electron chi connectivity index (χ1n) is 15.2. The van der Waals surface area contributed by atoms with Gasteiger partial charge in [0.15, 0.2) is 5.03 Å². The summed E-state index contributed by atoms with van der Waals surface area (Å²) in [6.45, 7) is 1.16. The first kappa shape index (κ1) is 32.0. The van der Waals surface area contributed by atoms with Crippen LogP contribution < -0.4 is 5.56 Å². The standard InChI is InChI=1S/C34H33F3N2O6S/c1-2-26-28(18-21-9-5-8-20-7-3-4-12-27(20)21)30(22-10-6-11-23(17-22)34(35,36)37)32-39(31(26)41)29(33(42)43)19-38(46(32,44)45)24-13-15-25(40)16-14-24/h3-12,17,24-25,29,40H,2,13-16,18-19H2,1H3,(H,42,43). The van der Waals surface area contributed by atoms with Crippen LogP contribution in [0.5, 0.6) is 0 Å². The van der Waals surface area contributed by atoms with Crippen LogP contribution in [-0.4, -0.2) is 52.2 Å². The van der Waals surface area contributed by atoms with Crippen LogP contribution >= 0.6 is 0 Å². The highest BCUT2D eigenvalue weighted by Crippen LogP contribution is 2.43. The molecule has 2 heterocycles. The molecular weight excluding hydrogens is 621 g/mol. The van der Waals surface area contributed by atoms with E-state index in [0.717, 1.165) is 37.3 Å². The summed E-state index contributed by atoms with van der Waals surface area (Å²) in [6.07, 6.45) is -4.11. The van der Waals surface area contributed by atoms with E-state index in [1.54, 1.807) is 6.92 Å². The first-order valence-corrected chi connectivity index (χ1v) is 16.6. The number of carbonyl (C=O) groups is 1. The number of hydrogen-bond donors (Lipinski definition) is 2. The second kappa shape index (κ2) is 12.0. The van der Waals surface area contributed by atoms with Crippen LogP contribution in [0.1, 0.15) is 60.9 Å². The number of nitrogens with zero attached hydrogens (tertiary/aromatic N) is 2. The number of pyridine rings is 1. The summed E-state index contributed by atoms with van der Waals surface area (Å²) in [5.74, 6) is -1.43. The molecule has 0 radical (unpaired) electrons. The summed E-state index contributed by atoms with van der Waals surface area (Å²) in [6, 6.07) is 15.0. The number of sulfonamides is 1. The summed E-state index contributed by atoms with van der Waals surface area (Å²) >= 11 is 0. The lowest BCUT2D eigenvalue weighted by molar-refractivity contribution is -0.142. The van der Waals surface area contributed by atoms with E-state index in [-0.39, 0.29) is 47.9 Å². The van der Waals surface area contributed by atoms with E-state index in [0.29, 0.717) is 12.8 Å². The molecule has 46 heavy (non-hydrogen) atoms. The molecule has 1 aliphatic carbocycles. The van der Waals surface area contributed by atoms with Crippen molar-refractivity contribution in [3.63, 3.8) is 0 Å². The lowest BCUT2D eigenvalue weighted by Gasteiger charge is -2.41. The lowest BCUT2D eigenvalue weighted by atomic mass is 9.89. The number of aliphatic carboxylic acids is 1. The maximum absolute atomic E-state index is 14.7. The molecule has 1 unspecified atom stereocenters. The molecule has 1 aliphatic heterocycles. The van der Waals surface area contributed by atoms with Gasteiger partial charge in [-0.25, -0.2) is 13.2 Å². The van der Waals surface area contributed by atoms with E-state index in [9.17, 15) is 41.4 Å². The lowest BCUT2D eigenvalue weighted by Crippen LogP contribution is -2.54. The van der Waals surface area contributed by atoms with Crippen LogP contribution in [0.2, 0.25) is 0 Å². The molecule has 1 fully saturated rings. The third kappa shape index (κ3) is 5.52. The summed E-state index contributed by atoms with van der Waals surface area (Å²) in [7, 11) is -4.63. The molecule has 242 valence electrons. The van der Waals surface area contributed by atoms with Gasteiger partial charge in [-0.05, 0) is 78.1 Å². The maximum atomic E-state index is 14.7. The molecule has 1 saturated carbocycles. The predicted octanol–water partition coefficient (Wildman–Crippen LogP) is 5.77. The van der Waals surface area contributed by atoms with Crippen molar-refractivity contribution in [2.45, 2.75) is 74.8 Å². The van der Waals surface area contributed by atoms with Gasteiger partial charge in [0.05, 0.1) is 11.7 Å². The molecule has 0 saturated heterocycles.